The molecule has 2 saturated carbocycles. The molecule has 2 aliphatic rings. The van der Waals surface area contributed by atoms with E-state index in [-0.39, 0.29) is 24.8 Å². The van der Waals surface area contributed by atoms with Crippen molar-refractivity contribution in [3.05, 3.63) is 0 Å². The van der Waals surface area contributed by atoms with Gasteiger partial charge in [0.1, 0.15) is 0 Å². The van der Waals surface area contributed by atoms with Crippen LogP contribution in [0.15, 0.2) is 0 Å². The molecule has 0 heterocycles. The zero-order valence-corrected chi connectivity index (χ0v) is 12.2. The molecule has 0 aliphatic heterocycles. The maximum atomic E-state index is 12.8. The molecule has 0 radical (unpaired) electrons. The zero-order chi connectivity index (χ0) is 14.8. The summed E-state index contributed by atoms with van der Waals surface area (Å²) in [6.45, 7) is 0.457. The summed E-state index contributed by atoms with van der Waals surface area (Å²) in [5.41, 5.74) is 0. The number of carbonyl (C=O) groups is 1. The lowest BCUT2D eigenvalue weighted by molar-refractivity contribution is -0.187. The third-order valence-corrected chi connectivity index (χ3v) is 4.78. The second-order valence-corrected chi connectivity index (χ2v) is 6.29. The number of carbonyl (C=O) groups excluding carboxylic acids is 1. The largest absolute Gasteiger partial charge is 0.391 e. The van der Waals surface area contributed by atoms with Crippen molar-refractivity contribution < 1.29 is 18.0 Å². The molecule has 0 aromatic rings. The van der Waals surface area contributed by atoms with Gasteiger partial charge in [0, 0.05) is 24.4 Å². The van der Waals surface area contributed by atoms with Crippen LogP contribution in [0.1, 0.15) is 44.9 Å². The fraction of sp³-hybridized carbons (Fsp3) is 0.929. The summed E-state index contributed by atoms with van der Waals surface area (Å²) in [6.07, 6.45) is 0.00629. The normalized spacial score (nSPS) is 28.0. The van der Waals surface area contributed by atoms with Gasteiger partial charge < -0.3 is 4.90 Å². The lowest BCUT2D eigenvalue weighted by Gasteiger charge is -2.40. The Kier molecular flexibility index (Phi) is 5.21. The molecule has 2 rings (SSSR count). The van der Waals surface area contributed by atoms with Gasteiger partial charge in [-0.1, -0.05) is 6.42 Å². The van der Waals surface area contributed by atoms with Crippen LogP contribution in [0.3, 0.4) is 0 Å². The average Bonchev–Trinajstić information content (AvgIpc) is 2.34. The molecule has 0 saturated heterocycles. The highest BCUT2D eigenvalue weighted by Crippen LogP contribution is 2.41. The first kappa shape index (κ1) is 15.9. The summed E-state index contributed by atoms with van der Waals surface area (Å²) < 4.78 is 38.5. The molecule has 2 unspecified atom stereocenters. The Morgan fingerprint density at radius 3 is 2.30 bits per heavy atom. The first-order valence-electron chi connectivity index (χ1n) is 7.36. The standard InChI is InChI=1S/C14H21ClF3NO/c15-7-8-19(12-5-2-6-12)13(20)10-3-1-4-11(9-10)14(16,17)18/h10-12H,1-9H2. The number of alkyl halides is 4. The Labute approximate surface area is 122 Å². The van der Waals surface area contributed by atoms with E-state index in [2.05, 4.69) is 0 Å². The van der Waals surface area contributed by atoms with Crippen LogP contribution in [0, 0.1) is 11.8 Å². The van der Waals surface area contributed by atoms with Crippen molar-refractivity contribution in [3.63, 3.8) is 0 Å². The first-order chi connectivity index (χ1) is 9.43. The summed E-state index contributed by atoms with van der Waals surface area (Å²) in [4.78, 5) is 14.2. The van der Waals surface area contributed by atoms with Gasteiger partial charge in [-0.15, -0.1) is 11.6 Å². The minimum atomic E-state index is -4.17. The summed E-state index contributed by atoms with van der Waals surface area (Å²) in [5.74, 6) is -1.55. The van der Waals surface area contributed by atoms with Gasteiger partial charge in [0.25, 0.3) is 0 Å². The van der Waals surface area contributed by atoms with E-state index in [4.69, 9.17) is 11.6 Å². The summed E-state index contributed by atoms with van der Waals surface area (Å²) in [5, 5.41) is 0. The Morgan fingerprint density at radius 1 is 1.15 bits per heavy atom. The van der Waals surface area contributed by atoms with E-state index < -0.39 is 18.0 Å². The Balaban J connectivity index is 1.99. The molecule has 0 spiro atoms. The SMILES string of the molecule is O=C(C1CCCC(C(F)(F)F)C1)N(CCCl)C1CCC1. The zero-order valence-electron chi connectivity index (χ0n) is 11.5. The van der Waals surface area contributed by atoms with Crippen molar-refractivity contribution in [2.75, 3.05) is 12.4 Å². The van der Waals surface area contributed by atoms with E-state index in [1.54, 1.807) is 4.90 Å². The fourth-order valence-corrected chi connectivity index (χ4v) is 3.39. The van der Waals surface area contributed by atoms with Crippen LogP contribution < -0.4 is 0 Å². The van der Waals surface area contributed by atoms with Gasteiger partial charge in [-0.05, 0) is 38.5 Å². The van der Waals surface area contributed by atoms with E-state index in [1.807, 2.05) is 0 Å². The van der Waals surface area contributed by atoms with Crippen LogP contribution >= 0.6 is 11.6 Å². The van der Waals surface area contributed by atoms with Crippen LogP contribution in [0.25, 0.3) is 0 Å². The van der Waals surface area contributed by atoms with Gasteiger partial charge in [-0.3, -0.25) is 4.79 Å². The highest BCUT2D eigenvalue weighted by molar-refractivity contribution is 6.18. The van der Waals surface area contributed by atoms with E-state index in [9.17, 15) is 18.0 Å². The Morgan fingerprint density at radius 2 is 1.80 bits per heavy atom. The van der Waals surface area contributed by atoms with Gasteiger partial charge in [0.15, 0.2) is 0 Å². The summed E-state index contributed by atoms with van der Waals surface area (Å²) in [6, 6.07) is 0.201. The van der Waals surface area contributed by atoms with Crippen LogP contribution in [0.5, 0.6) is 0 Å². The monoisotopic (exact) mass is 311 g/mol. The molecule has 0 bridgehead atoms. The van der Waals surface area contributed by atoms with Crippen molar-refractivity contribution in [2.45, 2.75) is 57.2 Å². The summed E-state index contributed by atoms with van der Waals surface area (Å²) >= 11 is 5.73. The van der Waals surface area contributed by atoms with Gasteiger partial charge in [-0.2, -0.15) is 13.2 Å². The van der Waals surface area contributed by atoms with Gasteiger partial charge in [-0.25, -0.2) is 0 Å². The van der Waals surface area contributed by atoms with Crippen molar-refractivity contribution >= 4 is 17.5 Å². The first-order valence-corrected chi connectivity index (χ1v) is 7.90. The van der Waals surface area contributed by atoms with Crippen molar-refractivity contribution in [1.82, 2.24) is 4.90 Å². The predicted molar refractivity (Wildman–Crippen MR) is 71.6 cm³/mol. The van der Waals surface area contributed by atoms with Gasteiger partial charge in [0.05, 0.1) is 5.92 Å². The number of halogens is 4. The van der Waals surface area contributed by atoms with E-state index >= 15 is 0 Å². The second kappa shape index (κ2) is 6.54. The van der Waals surface area contributed by atoms with Crippen LogP contribution in [-0.2, 0) is 4.79 Å². The van der Waals surface area contributed by atoms with E-state index in [0.717, 1.165) is 19.3 Å². The third-order valence-electron chi connectivity index (χ3n) is 4.61. The highest BCUT2D eigenvalue weighted by atomic mass is 35.5. The van der Waals surface area contributed by atoms with E-state index in [0.29, 0.717) is 25.3 Å². The quantitative estimate of drug-likeness (QED) is 0.719. The Hall–Kier alpha value is -0.450. The van der Waals surface area contributed by atoms with Crippen LogP contribution in [0.2, 0.25) is 0 Å². The minimum absolute atomic E-state index is 0.0478. The van der Waals surface area contributed by atoms with Crippen LogP contribution in [-0.4, -0.2) is 35.4 Å². The molecule has 0 N–H and O–H groups in total. The molecular formula is C14H21ClF3NO. The molecule has 116 valence electrons. The molecule has 6 heteroatoms. The minimum Gasteiger partial charge on any atom is -0.338 e. The van der Waals surface area contributed by atoms with Gasteiger partial charge in [0.2, 0.25) is 5.91 Å². The van der Waals surface area contributed by atoms with Crippen molar-refractivity contribution in [2.24, 2.45) is 11.8 Å². The molecule has 0 aromatic heterocycles. The van der Waals surface area contributed by atoms with Gasteiger partial charge >= 0.3 is 6.18 Å². The highest BCUT2D eigenvalue weighted by Gasteiger charge is 2.44. The van der Waals surface area contributed by atoms with Crippen molar-refractivity contribution in [1.29, 1.82) is 0 Å². The fourth-order valence-electron chi connectivity index (χ4n) is 3.21. The second-order valence-electron chi connectivity index (χ2n) is 5.91. The summed E-state index contributed by atoms with van der Waals surface area (Å²) in [7, 11) is 0. The maximum Gasteiger partial charge on any atom is 0.391 e. The number of amides is 1. The smallest absolute Gasteiger partial charge is 0.338 e. The third kappa shape index (κ3) is 3.60. The number of hydrogen-bond acceptors (Lipinski definition) is 1. The topological polar surface area (TPSA) is 20.3 Å². The molecule has 2 nitrogen and oxygen atoms in total. The molecule has 20 heavy (non-hydrogen) atoms. The van der Waals surface area contributed by atoms with Crippen LogP contribution in [0.4, 0.5) is 13.2 Å². The molecular weight excluding hydrogens is 291 g/mol. The molecule has 2 fully saturated rings. The number of rotatable bonds is 4. The molecule has 1 amide bonds. The molecule has 0 aromatic carbocycles. The maximum absolute atomic E-state index is 12.8. The number of hydrogen-bond donors (Lipinski definition) is 0. The lowest BCUT2D eigenvalue weighted by atomic mass is 9.79. The van der Waals surface area contributed by atoms with E-state index in [1.165, 1.54) is 0 Å². The predicted octanol–water partition coefficient (Wildman–Crippen LogP) is 3.98. The average molecular weight is 312 g/mol. The lowest BCUT2D eigenvalue weighted by Crippen LogP contribution is -2.49. The molecule has 2 atom stereocenters. The number of nitrogens with zero attached hydrogens (tertiary/aromatic N) is 1. The molecule has 2 aliphatic carbocycles. The van der Waals surface area contributed by atoms with Crippen molar-refractivity contribution in [3.8, 4) is 0 Å². The Bertz CT molecular complexity index is 344.